The van der Waals surface area contributed by atoms with Crippen LogP contribution < -0.4 is 19.7 Å². The van der Waals surface area contributed by atoms with Crippen molar-refractivity contribution in [2.75, 3.05) is 38.0 Å². The van der Waals surface area contributed by atoms with Crippen LogP contribution in [-0.4, -0.2) is 66.2 Å². The molecule has 0 saturated carbocycles. The number of nitrogens with one attached hydrogen (secondary N) is 1. The molecule has 40 heavy (non-hydrogen) atoms. The molecule has 6 rings (SSSR count). The summed E-state index contributed by atoms with van der Waals surface area (Å²) in [6.07, 6.45) is 0.936. The minimum atomic E-state index is -0.821. The number of nitrogens with zero attached hydrogens (tertiary/aromatic N) is 3. The molecule has 3 aromatic rings. The van der Waals surface area contributed by atoms with Crippen molar-refractivity contribution in [1.29, 1.82) is 0 Å². The number of likely N-dealkylation sites (tertiary alicyclic amines) is 1. The van der Waals surface area contributed by atoms with E-state index in [0.29, 0.717) is 49.7 Å². The van der Waals surface area contributed by atoms with Gasteiger partial charge in [0.2, 0.25) is 12.7 Å². The summed E-state index contributed by atoms with van der Waals surface area (Å²) in [4.78, 5) is 45.9. The van der Waals surface area contributed by atoms with Gasteiger partial charge in [0, 0.05) is 24.3 Å². The highest BCUT2D eigenvalue weighted by Gasteiger charge is 2.54. The van der Waals surface area contributed by atoms with E-state index in [1.165, 1.54) is 0 Å². The second kappa shape index (κ2) is 10.6. The molecule has 9 nitrogen and oxygen atoms in total. The third-order valence-electron chi connectivity index (χ3n) is 8.09. The van der Waals surface area contributed by atoms with Gasteiger partial charge in [-0.3, -0.25) is 14.4 Å². The van der Waals surface area contributed by atoms with Crippen LogP contribution >= 0.6 is 0 Å². The van der Waals surface area contributed by atoms with Crippen LogP contribution in [0.2, 0.25) is 0 Å². The predicted octanol–water partition coefficient (Wildman–Crippen LogP) is 3.57. The molecule has 206 valence electrons. The van der Waals surface area contributed by atoms with Crippen LogP contribution in [0.4, 0.5) is 5.69 Å². The standard InChI is InChI=1S/C31H32N4O5/c1-22(23-8-4-2-5-9-23)32-28(36)19-34-20-35(25-10-6-3-7-11-25)31(30(34)38)14-16-33(17-15-31)29(37)24-12-13-26-27(18-24)40-21-39-26/h2-13,18,22H,14-17,19-21H2,1H3,(H,32,36). The Hall–Kier alpha value is -4.53. The summed E-state index contributed by atoms with van der Waals surface area (Å²) in [6.45, 7) is 3.22. The van der Waals surface area contributed by atoms with E-state index in [2.05, 4.69) is 10.2 Å². The molecule has 2 saturated heterocycles. The molecule has 3 heterocycles. The molecular formula is C31H32N4O5. The lowest BCUT2D eigenvalue weighted by molar-refractivity contribution is -0.137. The van der Waals surface area contributed by atoms with Gasteiger partial charge in [-0.15, -0.1) is 0 Å². The Bertz CT molecular complexity index is 1410. The maximum atomic E-state index is 14.0. The SMILES string of the molecule is CC(NC(=O)CN1CN(c2ccccc2)C2(CCN(C(=O)c3ccc4c(c3)OCO4)CC2)C1=O)c1ccccc1. The van der Waals surface area contributed by atoms with Crippen LogP contribution in [0, 0.1) is 0 Å². The molecule has 3 aliphatic heterocycles. The van der Waals surface area contributed by atoms with E-state index in [-0.39, 0.29) is 37.1 Å². The Morgan fingerprint density at radius 1 is 0.925 bits per heavy atom. The summed E-state index contributed by atoms with van der Waals surface area (Å²) in [6, 6.07) is 24.6. The fourth-order valence-electron chi connectivity index (χ4n) is 5.90. The largest absolute Gasteiger partial charge is 0.454 e. The van der Waals surface area contributed by atoms with Gasteiger partial charge in [-0.25, -0.2) is 0 Å². The van der Waals surface area contributed by atoms with Gasteiger partial charge in [-0.2, -0.15) is 0 Å². The molecule has 3 aromatic carbocycles. The Labute approximate surface area is 233 Å². The predicted molar refractivity (Wildman–Crippen MR) is 149 cm³/mol. The summed E-state index contributed by atoms with van der Waals surface area (Å²) in [5.41, 5.74) is 1.64. The number of amides is 3. The molecule has 0 bridgehead atoms. The topological polar surface area (TPSA) is 91.4 Å². The molecule has 1 N–H and O–H groups in total. The molecule has 0 radical (unpaired) electrons. The second-order valence-electron chi connectivity index (χ2n) is 10.5. The highest BCUT2D eigenvalue weighted by Crippen LogP contribution is 2.40. The van der Waals surface area contributed by atoms with E-state index >= 15 is 0 Å². The number of hydrogen-bond donors (Lipinski definition) is 1. The average molecular weight is 541 g/mol. The molecular weight excluding hydrogens is 508 g/mol. The molecule has 3 aliphatic rings. The normalized spacial score (nSPS) is 18.2. The van der Waals surface area contributed by atoms with Crippen LogP contribution in [0.15, 0.2) is 78.9 Å². The van der Waals surface area contributed by atoms with E-state index < -0.39 is 5.54 Å². The second-order valence-corrected chi connectivity index (χ2v) is 10.5. The van der Waals surface area contributed by atoms with Crippen molar-refractivity contribution in [2.45, 2.75) is 31.3 Å². The van der Waals surface area contributed by atoms with Crippen molar-refractivity contribution in [3.63, 3.8) is 0 Å². The summed E-state index contributed by atoms with van der Waals surface area (Å²) in [5, 5.41) is 3.02. The Kier molecular flexibility index (Phi) is 6.79. The van der Waals surface area contributed by atoms with Gasteiger partial charge in [0.05, 0.1) is 12.7 Å². The average Bonchev–Trinajstić information content (AvgIpc) is 3.56. The number of ether oxygens (including phenoxy) is 2. The van der Waals surface area contributed by atoms with Crippen LogP contribution in [0.25, 0.3) is 0 Å². The summed E-state index contributed by atoms with van der Waals surface area (Å²) in [5.74, 6) is 0.817. The summed E-state index contributed by atoms with van der Waals surface area (Å²) < 4.78 is 10.8. The van der Waals surface area contributed by atoms with Gasteiger partial charge < -0.3 is 29.5 Å². The summed E-state index contributed by atoms with van der Waals surface area (Å²) >= 11 is 0. The fourth-order valence-corrected chi connectivity index (χ4v) is 5.90. The van der Waals surface area contributed by atoms with Gasteiger partial charge in [-0.1, -0.05) is 48.5 Å². The Morgan fingerprint density at radius 2 is 1.60 bits per heavy atom. The highest BCUT2D eigenvalue weighted by molar-refractivity contribution is 5.98. The minimum absolute atomic E-state index is 0.0269. The number of benzene rings is 3. The van der Waals surface area contributed by atoms with Gasteiger partial charge in [0.1, 0.15) is 12.1 Å². The van der Waals surface area contributed by atoms with E-state index in [1.807, 2.05) is 67.6 Å². The first kappa shape index (κ1) is 25.7. The molecule has 1 atom stereocenters. The van der Waals surface area contributed by atoms with Crippen LogP contribution in [0.3, 0.4) is 0 Å². The maximum absolute atomic E-state index is 14.0. The highest BCUT2D eigenvalue weighted by atomic mass is 16.7. The van der Waals surface area contributed by atoms with E-state index in [1.54, 1.807) is 28.0 Å². The van der Waals surface area contributed by atoms with Crippen LogP contribution in [0.1, 0.15) is 41.7 Å². The lowest BCUT2D eigenvalue weighted by Gasteiger charge is -2.43. The number of carbonyl (C=O) groups excluding carboxylic acids is 3. The molecule has 0 aliphatic carbocycles. The van der Waals surface area contributed by atoms with Gasteiger partial charge in [-0.05, 0) is 55.7 Å². The van der Waals surface area contributed by atoms with E-state index in [4.69, 9.17) is 9.47 Å². The zero-order chi connectivity index (χ0) is 27.7. The zero-order valence-electron chi connectivity index (χ0n) is 22.4. The number of hydrogen-bond acceptors (Lipinski definition) is 6. The van der Waals surface area contributed by atoms with Gasteiger partial charge in [0.25, 0.3) is 11.8 Å². The van der Waals surface area contributed by atoms with Crippen molar-refractivity contribution in [2.24, 2.45) is 0 Å². The third-order valence-corrected chi connectivity index (χ3v) is 8.09. The molecule has 9 heteroatoms. The van der Waals surface area contributed by atoms with Gasteiger partial charge in [0.15, 0.2) is 11.5 Å². The minimum Gasteiger partial charge on any atom is -0.454 e. The molecule has 3 amide bonds. The quantitative estimate of drug-likeness (QED) is 0.514. The van der Waals surface area contributed by atoms with E-state index in [0.717, 1.165) is 11.3 Å². The van der Waals surface area contributed by atoms with Crippen molar-refractivity contribution < 1.29 is 23.9 Å². The van der Waals surface area contributed by atoms with Crippen molar-refractivity contribution in [3.8, 4) is 11.5 Å². The Balaban J connectivity index is 1.17. The van der Waals surface area contributed by atoms with Crippen molar-refractivity contribution >= 4 is 23.4 Å². The van der Waals surface area contributed by atoms with Crippen LogP contribution in [0.5, 0.6) is 11.5 Å². The molecule has 0 aromatic heterocycles. The monoisotopic (exact) mass is 540 g/mol. The van der Waals surface area contributed by atoms with Crippen molar-refractivity contribution in [1.82, 2.24) is 15.1 Å². The first-order chi connectivity index (χ1) is 19.4. The molecule has 1 unspecified atom stereocenters. The molecule has 2 fully saturated rings. The van der Waals surface area contributed by atoms with Crippen LogP contribution in [-0.2, 0) is 9.59 Å². The lowest BCUT2D eigenvalue weighted by atomic mass is 9.85. The zero-order valence-corrected chi connectivity index (χ0v) is 22.4. The Morgan fingerprint density at radius 3 is 2.33 bits per heavy atom. The smallest absolute Gasteiger partial charge is 0.253 e. The number of piperidine rings is 1. The number of rotatable bonds is 6. The van der Waals surface area contributed by atoms with E-state index in [9.17, 15) is 14.4 Å². The fraction of sp³-hybridized carbons (Fsp3) is 0.323. The lowest BCUT2D eigenvalue weighted by Crippen LogP contribution is -2.57. The first-order valence-electron chi connectivity index (χ1n) is 13.6. The van der Waals surface area contributed by atoms with Crippen molar-refractivity contribution in [3.05, 3.63) is 90.0 Å². The number of anilines is 1. The van der Waals surface area contributed by atoms with Gasteiger partial charge >= 0.3 is 0 Å². The number of carbonyl (C=O) groups is 3. The number of fused-ring (bicyclic) bond motifs is 1. The summed E-state index contributed by atoms with van der Waals surface area (Å²) in [7, 11) is 0. The maximum Gasteiger partial charge on any atom is 0.253 e. The number of para-hydroxylation sites is 1. The molecule has 1 spiro atoms. The first-order valence-corrected chi connectivity index (χ1v) is 13.6. The third kappa shape index (κ3) is 4.72.